The largest absolute Gasteiger partial charge is 0.353 e. The highest BCUT2D eigenvalue weighted by Crippen LogP contribution is 2.44. The van der Waals surface area contributed by atoms with Crippen LogP contribution in [0, 0.1) is 13.8 Å². The van der Waals surface area contributed by atoms with Crippen LogP contribution >= 0.6 is 0 Å². The monoisotopic (exact) mass is 318 g/mol. The smallest absolute Gasteiger partial charge is 0.244 e. The molecule has 7 nitrogen and oxygen atoms in total. The Morgan fingerprint density at radius 3 is 3.00 bits per heavy atom. The molecule has 2 amide bonds. The molecule has 3 aliphatic heterocycles. The summed E-state index contributed by atoms with van der Waals surface area (Å²) in [6, 6.07) is 1.81. The summed E-state index contributed by atoms with van der Waals surface area (Å²) >= 11 is 0. The summed E-state index contributed by atoms with van der Waals surface area (Å²) in [5, 5.41) is 4.36. The van der Waals surface area contributed by atoms with E-state index in [1.165, 1.54) is 0 Å². The van der Waals surface area contributed by atoms with Crippen LogP contribution in [0.25, 0.3) is 0 Å². The second-order valence-corrected chi connectivity index (χ2v) is 6.73. The number of rotatable bonds is 2. The number of amides is 2. The van der Waals surface area contributed by atoms with Crippen LogP contribution in [0.15, 0.2) is 6.07 Å². The van der Waals surface area contributed by atoms with Gasteiger partial charge in [-0.2, -0.15) is 5.10 Å². The van der Waals surface area contributed by atoms with E-state index in [0.29, 0.717) is 26.0 Å². The number of nitrogens with zero attached hydrogens (tertiary/aromatic N) is 4. The van der Waals surface area contributed by atoms with Crippen molar-refractivity contribution in [1.29, 1.82) is 0 Å². The van der Waals surface area contributed by atoms with Gasteiger partial charge in [0.1, 0.15) is 6.54 Å². The van der Waals surface area contributed by atoms with Gasteiger partial charge in [0.2, 0.25) is 11.8 Å². The summed E-state index contributed by atoms with van der Waals surface area (Å²) in [7, 11) is 0. The minimum absolute atomic E-state index is 0.0156. The predicted octanol–water partition coefficient (Wildman–Crippen LogP) is 0.450. The second-order valence-electron chi connectivity index (χ2n) is 6.73. The molecule has 0 aromatic carbocycles. The maximum Gasteiger partial charge on any atom is 0.244 e. The van der Waals surface area contributed by atoms with Crippen molar-refractivity contribution in [2.75, 3.05) is 19.7 Å². The summed E-state index contributed by atoms with van der Waals surface area (Å²) in [5.41, 5.74) is 1.31. The molecule has 1 spiro atoms. The molecule has 3 saturated heterocycles. The summed E-state index contributed by atoms with van der Waals surface area (Å²) < 4.78 is 7.77. The number of likely N-dealkylation sites (tertiary alicyclic amines) is 1. The van der Waals surface area contributed by atoms with Crippen molar-refractivity contribution in [3.05, 3.63) is 17.5 Å². The molecule has 4 rings (SSSR count). The fraction of sp³-hybridized carbons (Fsp3) is 0.688. The molecule has 7 heteroatoms. The van der Waals surface area contributed by atoms with Gasteiger partial charge in [-0.15, -0.1) is 0 Å². The van der Waals surface area contributed by atoms with Crippen LogP contribution in [0.1, 0.15) is 30.7 Å². The number of aromatic nitrogens is 2. The molecule has 3 fully saturated rings. The maximum atomic E-state index is 12.8. The minimum atomic E-state index is -0.569. The topological polar surface area (TPSA) is 67.7 Å². The van der Waals surface area contributed by atoms with Gasteiger partial charge in [-0.3, -0.25) is 14.3 Å². The van der Waals surface area contributed by atoms with E-state index in [1.807, 2.05) is 29.7 Å². The Hall–Kier alpha value is -1.89. The van der Waals surface area contributed by atoms with Gasteiger partial charge in [-0.25, -0.2) is 0 Å². The van der Waals surface area contributed by atoms with E-state index < -0.39 is 5.72 Å². The van der Waals surface area contributed by atoms with Crippen molar-refractivity contribution in [1.82, 2.24) is 19.6 Å². The molecule has 0 bridgehead atoms. The highest BCUT2D eigenvalue weighted by Gasteiger charge is 2.61. The van der Waals surface area contributed by atoms with Crippen molar-refractivity contribution in [3.63, 3.8) is 0 Å². The van der Waals surface area contributed by atoms with Gasteiger partial charge in [-0.05, 0) is 26.3 Å². The lowest BCUT2D eigenvalue weighted by molar-refractivity contribution is -0.181. The van der Waals surface area contributed by atoms with Gasteiger partial charge in [0.25, 0.3) is 0 Å². The molecule has 2 atom stereocenters. The lowest BCUT2D eigenvalue weighted by Gasteiger charge is -2.42. The summed E-state index contributed by atoms with van der Waals surface area (Å²) in [5.74, 6) is 0.125. The number of hydrogen-bond donors (Lipinski definition) is 0. The van der Waals surface area contributed by atoms with E-state index in [0.717, 1.165) is 24.4 Å². The lowest BCUT2D eigenvalue weighted by atomic mass is 10.0. The Bertz CT molecular complexity index is 670. The van der Waals surface area contributed by atoms with Crippen molar-refractivity contribution in [2.45, 2.75) is 51.4 Å². The van der Waals surface area contributed by atoms with Crippen LogP contribution in [0.2, 0.25) is 0 Å². The van der Waals surface area contributed by atoms with Gasteiger partial charge >= 0.3 is 0 Å². The van der Waals surface area contributed by atoms with Crippen molar-refractivity contribution in [3.8, 4) is 0 Å². The van der Waals surface area contributed by atoms with Crippen LogP contribution in [-0.4, -0.2) is 62.9 Å². The normalized spacial score (nSPS) is 29.8. The maximum absolute atomic E-state index is 12.8. The van der Waals surface area contributed by atoms with E-state index in [9.17, 15) is 9.59 Å². The number of aryl methyl sites for hydroxylation is 2. The molecule has 0 aliphatic carbocycles. The fourth-order valence-electron chi connectivity index (χ4n) is 4.30. The van der Waals surface area contributed by atoms with Crippen LogP contribution in [0.3, 0.4) is 0 Å². The number of ether oxygens (including phenoxy) is 1. The Labute approximate surface area is 135 Å². The van der Waals surface area contributed by atoms with Crippen molar-refractivity contribution >= 4 is 11.8 Å². The average Bonchev–Trinajstić information content (AvgIpc) is 3.09. The highest BCUT2D eigenvalue weighted by molar-refractivity contribution is 5.84. The zero-order valence-electron chi connectivity index (χ0n) is 13.6. The third kappa shape index (κ3) is 2.09. The van der Waals surface area contributed by atoms with Crippen LogP contribution in [-0.2, 0) is 20.9 Å². The molecule has 0 N–H and O–H groups in total. The van der Waals surface area contributed by atoms with Crippen molar-refractivity contribution < 1.29 is 14.3 Å². The van der Waals surface area contributed by atoms with Crippen LogP contribution in [0.4, 0.5) is 0 Å². The summed E-state index contributed by atoms with van der Waals surface area (Å²) in [4.78, 5) is 28.8. The molecule has 3 aliphatic rings. The first-order valence-corrected chi connectivity index (χ1v) is 8.26. The van der Waals surface area contributed by atoms with E-state index in [2.05, 4.69) is 5.10 Å². The molecule has 0 saturated carbocycles. The van der Waals surface area contributed by atoms with E-state index in [4.69, 9.17) is 4.74 Å². The Kier molecular flexibility index (Phi) is 3.23. The second kappa shape index (κ2) is 5.06. The fourth-order valence-corrected chi connectivity index (χ4v) is 4.30. The van der Waals surface area contributed by atoms with Gasteiger partial charge in [-0.1, -0.05) is 0 Å². The van der Waals surface area contributed by atoms with Crippen LogP contribution < -0.4 is 0 Å². The molecule has 1 aromatic rings. The first-order valence-electron chi connectivity index (χ1n) is 8.26. The molecule has 0 radical (unpaired) electrons. The molecular formula is C16H22N4O3. The van der Waals surface area contributed by atoms with Gasteiger partial charge in [0.05, 0.1) is 24.8 Å². The SMILES string of the molecule is Cc1cc(C)n(CC(=O)N2CC[C@@]34OCCCN3C(=O)C[C@@H]24)n1. The van der Waals surface area contributed by atoms with Crippen LogP contribution in [0.5, 0.6) is 0 Å². The third-order valence-electron chi connectivity index (χ3n) is 5.32. The molecule has 1 aromatic heterocycles. The van der Waals surface area contributed by atoms with E-state index in [-0.39, 0.29) is 24.4 Å². The zero-order chi connectivity index (χ0) is 16.2. The van der Waals surface area contributed by atoms with E-state index in [1.54, 1.807) is 4.68 Å². The predicted molar refractivity (Wildman–Crippen MR) is 81.4 cm³/mol. The molecule has 0 unspecified atom stereocenters. The minimum Gasteiger partial charge on any atom is -0.353 e. The van der Waals surface area contributed by atoms with E-state index >= 15 is 0 Å². The van der Waals surface area contributed by atoms with Gasteiger partial charge < -0.3 is 14.5 Å². The molecule has 23 heavy (non-hydrogen) atoms. The Balaban J connectivity index is 1.55. The Morgan fingerprint density at radius 1 is 1.43 bits per heavy atom. The average molecular weight is 318 g/mol. The Morgan fingerprint density at radius 2 is 2.26 bits per heavy atom. The lowest BCUT2D eigenvalue weighted by Crippen LogP contribution is -2.56. The molecule has 124 valence electrons. The third-order valence-corrected chi connectivity index (χ3v) is 5.32. The molecule has 4 heterocycles. The number of hydrogen-bond acceptors (Lipinski definition) is 4. The zero-order valence-corrected chi connectivity index (χ0v) is 13.6. The van der Waals surface area contributed by atoms with Crippen molar-refractivity contribution in [2.24, 2.45) is 0 Å². The number of carbonyl (C=O) groups is 2. The van der Waals surface area contributed by atoms with Gasteiger partial charge in [0, 0.05) is 25.2 Å². The summed E-state index contributed by atoms with van der Waals surface area (Å²) in [6.45, 7) is 6.15. The molecular weight excluding hydrogens is 296 g/mol. The number of carbonyl (C=O) groups excluding carboxylic acids is 2. The quantitative estimate of drug-likeness (QED) is 0.794. The first kappa shape index (κ1) is 14.7. The standard InChI is InChI=1S/C16H22N4O3/c1-11-8-12(2)20(17-11)10-15(22)18-6-4-16-13(18)9-14(21)19(16)5-3-7-23-16/h8,13H,3-7,9-10H2,1-2H3/t13-,16+/m1/s1. The first-order chi connectivity index (χ1) is 11.0. The summed E-state index contributed by atoms with van der Waals surface area (Å²) in [6.07, 6.45) is 1.97. The highest BCUT2D eigenvalue weighted by atomic mass is 16.5. The van der Waals surface area contributed by atoms with Gasteiger partial charge in [0.15, 0.2) is 5.72 Å².